The fourth-order valence-electron chi connectivity index (χ4n) is 1.19. The number of halogens is 1. The molecule has 2 rings (SSSR count). The zero-order chi connectivity index (χ0) is 8.39. The van der Waals surface area contributed by atoms with Crippen LogP contribution in [-0.4, -0.2) is 11.5 Å². The molecular weight excluding hydrogens is 208 g/mol. The Morgan fingerprint density at radius 3 is 3.08 bits per heavy atom. The van der Waals surface area contributed by atoms with Gasteiger partial charge in [-0.15, -0.1) is 11.8 Å². The lowest BCUT2D eigenvalue weighted by molar-refractivity contribution is 1.28. The highest BCUT2D eigenvalue weighted by molar-refractivity contribution is 8.03. The van der Waals surface area contributed by atoms with Gasteiger partial charge in [-0.05, 0) is 23.8 Å². The predicted octanol–water partition coefficient (Wildman–Crippen LogP) is 3.68. The van der Waals surface area contributed by atoms with Gasteiger partial charge in [0.1, 0.15) is 0 Å². The van der Waals surface area contributed by atoms with Gasteiger partial charge < -0.3 is 0 Å². The Balaban J connectivity index is 2.36. The summed E-state index contributed by atoms with van der Waals surface area (Å²) < 4.78 is 0. The van der Waals surface area contributed by atoms with Gasteiger partial charge in [-0.25, -0.2) is 0 Å². The molecule has 1 aliphatic rings. The van der Waals surface area contributed by atoms with Gasteiger partial charge in [0.15, 0.2) is 0 Å². The summed E-state index contributed by atoms with van der Waals surface area (Å²) in [7, 11) is 0. The van der Waals surface area contributed by atoms with Crippen molar-refractivity contribution >= 4 is 35.1 Å². The molecule has 0 saturated carbocycles. The molecule has 0 bridgehead atoms. The van der Waals surface area contributed by atoms with Gasteiger partial charge in [-0.1, -0.05) is 11.6 Å². The minimum absolute atomic E-state index is 0.858. The van der Waals surface area contributed by atoms with Crippen molar-refractivity contribution in [3.05, 3.63) is 28.8 Å². The van der Waals surface area contributed by atoms with Crippen molar-refractivity contribution in [1.29, 1.82) is 0 Å². The fourth-order valence-corrected chi connectivity index (χ4v) is 3.59. The first kappa shape index (κ1) is 8.79. The van der Waals surface area contributed by atoms with E-state index < -0.39 is 0 Å². The molecule has 0 spiro atoms. The minimum Gasteiger partial charge on any atom is -0.156 e. The smallest absolute Gasteiger partial charge is 0.0409 e. The van der Waals surface area contributed by atoms with E-state index in [-0.39, 0.29) is 0 Å². The third-order valence-corrected chi connectivity index (χ3v) is 4.38. The second-order valence-corrected chi connectivity index (χ2v) is 5.33. The SMILES string of the molecule is Clc1ccc2c(c1)CSCCS2. The van der Waals surface area contributed by atoms with Crippen molar-refractivity contribution in [1.82, 2.24) is 0 Å². The van der Waals surface area contributed by atoms with Gasteiger partial charge >= 0.3 is 0 Å². The van der Waals surface area contributed by atoms with E-state index in [1.165, 1.54) is 22.0 Å². The predicted molar refractivity (Wildman–Crippen MR) is 58.3 cm³/mol. The molecule has 12 heavy (non-hydrogen) atoms. The van der Waals surface area contributed by atoms with Crippen LogP contribution in [0.1, 0.15) is 5.56 Å². The summed E-state index contributed by atoms with van der Waals surface area (Å²) in [5, 5.41) is 0.858. The van der Waals surface area contributed by atoms with Gasteiger partial charge in [-0.2, -0.15) is 11.8 Å². The van der Waals surface area contributed by atoms with Crippen LogP contribution in [0.15, 0.2) is 23.1 Å². The van der Waals surface area contributed by atoms with Crippen LogP contribution in [0.5, 0.6) is 0 Å². The Bertz CT molecular complexity index is 286. The lowest BCUT2D eigenvalue weighted by Gasteiger charge is -2.03. The molecule has 0 nitrogen and oxygen atoms in total. The van der Waals surface area contributed by atoms with Crippen LogP contribution in [-0.2, 0) is 5.75 Å². The topological polar surface area (TPSA) is 0 Å². The maximum Gasteiger partial charge on any atom is 0.0409 e. The Kier molecular flexibility index (Phi) is 2.89. The van der Waals surface area contributed by atoms with E-state index in [0.717, 1.165) is 10.8 Å². The van der Waals surface area contributed by atoms with Gasteiger partial charge in [0, 0.05) is 27.2 Å². The maximum absolute atomic E-state index is 5.91. The summed E-state index contributed by atoms with van der Waals surface area (Å²) in [5.74, 6) is 3.58. The molecule has 0 radical (unpaired) electrons. The quantitative estimate of drug-likeness (QED) is 0.649. The summed E-state index contributed by atoms with van der Waals surface area (Å²) in [4.78, 5) is 1.41. The highest BCUT2D eigenvalue weighted by Gasteiger charge is 2.07. The molecule has 0 aromatic heterocycles. The highest BCUT2D eigenvalue weighted by atomic mass is 35.5. The van der Waals surface area contributed by atoms with Crippen molar-refractivity contribution in [2.45, 2.75) is 10.6 Å². The maximum atomic E-state index is 5.91. The number of thioether (sulfide) groups is 2. The van der Waals surface area contributed by atoms with Crippen LogP contribution in [0, 0.1) is 0 Å². The molecule has 0 saturated heterocycles. The van der Waals surface area contributed by atoms with Crippen LogP contribution in [0.4, 0.5) is 0 Å². The second kappa shape index (κ2) is 3.95. The molecule has 0 atom stereocenters. The summed E-state index contributed by atoms with van der Waals surface area (Å²) in [6.07, 6.45) is 0. The fraction of sp³-hybridized carbons (Fsp3) is 0.333. The molecule has 0 amide bonds. The monoisotopic (exact) mass is 216 g/mol. The number of hydrogen-bond acceptors (Lipinski definition) is 2. The van der Waals surface area contributed by atoms with Crippen molar-refractivity contribution in [2.75, 3.05) is 11.5 Å². The molecule has 0 aliphatic carbocycles. The van der Waals surface area contributed by atoms with Crippen LogP contribution in [0.25, 0.3) is 0 Å². The Morgan fingerprint density at radius 1 is 1.25 bits per heavy atom. The summed E-state index contributed by atoms with van der Waals surface area (Å²) >= 11 is 9.84. The van der Waals surface area contributed by atoms with E-state index in [4.69, 9.17) is 11.6 Å². The summed E-state index contributed by atoms with van der Waals surface area (Å²) in [6, 6.07) is 6.19. The van der Waals surface area contributed by atoms with Gasteiger partial charge in [-0.3, -0.25) is 0 Å². The van der Waals surface area contributed by atoms with E-state index >= 15 is 0 Å². The first-order chi connectivity index (χ1) is 5.86. The molecule has 3 heteroatoms. The third-order valence-electron chi connectivity index (χ3n) is 1.77. The Labute approximate surface area is 86.1 Å². The average molecular weight is 217 g/mol. The molecule has 1 aliphatic heterocycles. The van der Waals surface area contributed by atoms with E-state index in [1.807, 2.05) is 29.6 Å². The van der Waals surface area contributed by atoms with Crippen LogP contribution >= 0.6 is 35.1 Å². The summed E-state index contributed by atoms with van der Waals surface area (Å²) in [6.45, 7) is 0. The van der Waals surface area contributed by atoms with E-state index in [9.17, 15) is 0 Å². The van der Waals surface area contributed by atoms with E-state index in [2.05, 4.69) is 12.1 Å². The van der Waals surface area contributed by atoms with Gasteiger partial charge in [0.25, 0.3) is 0 Å². The first-order valence-corrected chi connectivity index (χ1v) is 6.37. The molecule has 0 fully saturated rings. The van der Waals surface area contributed by atoms with Crippen molar-refractivity contribution < 1.29 is 0 Å². The number of rotatable bonds is 0. The van der Waals surface area contributed by atoms with Crippen LogP contribution in [0.3, 0.4) is 0 Å². The number of benzene rings is 1. The zero-order valence-corrected chi connectivity index (χ0v) is 8.94. The molecule has 64 valence electrons. The number of hydrogen-bond donors (Lipinski definition) is 0. The summed E-state index contributed by atoms with van der Waals surface area (Å²) in [5.41, 5.74) is 1.40. The molecule has 0 N–H and O–H groups in total. The Hall–Kier alpha value is 0.210. The lowest BCUT2D eigenvalue weighted by atomic mass is 10.2. The van der Waals surface area contributed by atoms with Gasteiger partial charge in [0.2, 0.25) is 0 Å². The lowest BCUT2D eigenvalue weighted by Crippen LogP contribution is -1.81. The van der Waals surface area contributed by atoms with E-state index in [0.29, 0.717) is 0 Å². The molecule has 1 aromatic carbocycles. The van der Waals surface area contributed by atoms with Crippen molar-refractivity contribution in [3.63, 3.8) is 0 Å². The van der Waals surface area contributed by atoms with E-state index in [1.54, 1.807) is 0 Å². The first-order valence-electron chi connectivity index (χ1n) is 3.85. The molecule has 1 heterocycles. The van der Waals surface area contributed by atoms with Crippen molar-refractivity contribution in [3.8, 4) is 0 Å². The van der Waals surface area contributed by atoms with Gasteiger partial charge in [0.05, 0.1) is 0 Å². The average Bonchev–Trinajstić information content (AvgIpc) is 2.28. The largest absolute Gasteiger partial charge is 0.156 e. The second-order valence-electron chi connectivity index (χ2n) is 2.65. The number of fused-ring (bicyclic) bond motifs is 1. The Morgan fingerprint density at radius 2 is 2.17 bits per heavy atom. The van der Waals surface area contributed by atoms with Crippen molar-refractivity contribution in [2.24, 2.45) is 0 Å². The molecule has 1 aromatic rings. The third kappa shape index (κ3) is 1.93. The highest BCUT2D eigenvalue weighted by Crippen LogP contribution is 2.32. The minimum atomic E-state index is 0.858. The van der Waals surface area contributed by atoms with Crippen LogP contribution in [0.2, 0.25) is 5.02 Å². The van der Waals surface area contributed by atoms with Crippen LogP contribution < -0.4 is 0 Å². The molecular formula is C9H9ClS2. The standard InChI is InChI=1S/C9H9ClS2/c10-8-1-2-9-7(5-8)6-11-3-4-12-9/h1-2,5H,3-4,6H2. The zero-order valence-electron chi connectivity index (χ0n) is 6.55. The molecule has 0 unspecified atom stereocenters. The normalized spacial score (nSPS) is 16.8.